The molecule has 3 aromatic heterocycles. The molecule has 1 atom stereocenters. The molecule has 0 aliphatic rings. The lowest BCUT2D eigenvalue weighted by molar-refractivity contribution is 0.107. The number of para-hydroxylation sites is 1. The first-order valence-electron chi connectivity index (χ1n) is 13.3. The predicted molar refractivity (Wildman–Crippen MR) is 149 cm³/mol. The van der Waals surface area contributed by atoms with E-state index >= 15 is 0 Å². The van der Waals surface area contributed by atoms with Crippen molar-refractivity contribution < 1.29 is 9.84 Å². The number of pyridine rings is 1. The highest BCUT2D eigenvalue weighted by Crippen LogP contribution is 2.22. The Morgan fingerprint density at radius 2 is 1.92 bits per heavy atom. The second-order valence-corrected chi connectivity index (χ2v) is 9.51. The number of benzene rings is 2. The van der Waals surface area contributed by atoms with Crippen LogP contribution in [0.5, 0.6) is 5.75 Å². The minimum atomic E-state index is -0.675. The number of aliphatic hydroxyl groups is 1. The molecular weight excluding hydrogens is 480 g/mol. The second kappa shape index (κ2) is 12.1. The highest BCUT2D eigenvalue weighted by molar-refractivity contribution is 5.81. The number of nitrogens with zero attached hydrogens (tertiary/aromatic N) is 3. The number of imidazole rings is 2. The summed E-state index contributed by atoms with van der Waals surface area (Å²) in [4.78, 5) is 26.4. The van der Waals surface area contributed by atoms with Gasteiger partial charge in [-0.25, -0.2) is 14.8 Å². The number of H-pyrrole nitrogens is 2. The van der Waals surface area contributed by atoms with Crippen LogP contribution in [0.4, 0.5) is 0 Å². The Kier molecular flexibility index (Phi) is 8.15. The van der Waals surface area contributed by atoms with Crippen LogP contribution in [0.15, 0.2) is 65.6 Å². The molecule has 0 amide bonds. The SMILES string of the molecule is CCCCCc1nc2cccnc2n1-c1ccc(CCNC[C@H](O)COc2cccc3[nH]c(=O)[nH]c23)cc1. The minimum absolute atomic E-state index is 0.126. The molecule has 0 aliphatic carbocycles. The van der Waals surface area contributed by atoms with E-state index in [2.05, 4.69) is 56.0 Å². The molecular formula is C29H34N6O3. The molecule has 198 valence electrons. The molecule has 0 unspecified atom stereocenters. The molecule has 0 saturated carbocycles. The van der Waals surface area contributed by atoms with E-state index in [9.17, 15) is 9.90 Å². The average molecular weight is 515 g/mol. The van der Waals surface area contributed by atoms with Gasteiger partial charge in [0.1, 0.15) is 35.3 Å². The van der Waals surface area contributed by atoms with Gasteiger partial charge < -0.3 is 25.1 Å². The Hall–Kier alpha value is -3.95. The molecule has 0 spiro atoms. The first kappa shape index (κ1) is 25.7. The third-order valence-electron chi connectivity index (χ3n) is 6.60. The summed E-state index contributed by atoms with van der Waals surface area (Å²) >= 11 is 0. The van der Waals surface area contributed by atoms with Gasteiger partial charge in [-0.1, -0.05) is 38.0 Å². The van der Waals surface area contributed by atoms with Crippen molar-refractivity contribution in [1.82, 2.24) is 29.8 Å². The van der Waals surface area contributed by atoms with Gasteiger partial charge in [-0.05, 0) is 61.3 Å². The number of fused-ring (bicyclic) bond motifs is 2. The number of unbranched alkanes of at least 4 members (excludes halogenated alkanes) is 2. The summed E-state index contributed by atoms with van der Waals surface area (Å²) in [6, 6.07) is 17.8. The highest BCUT2D eigenvalue weighted by atomic mass is 16.5. The van der Waals surface area contributed by atoms with E-state index in [1.54, 1.807) is 18.2 Å². The third-order valence-corrected chi connectivity index (χ3v) is 6.60. The molecule has 3 heterocycles. The molecule has 0 bridgehead atoms. The van der Waals surface area contributed by atoms with E-state index in [0.717, 1.165) is 48.5 Å². The van der Waals surface area contributed by atoms with Crippen molar-refractivity contribution in [1.29, 1.82) is 0 Å². The Balaban J connectivity index is 1.13. The summed E-state index contributed by atoms with van der Waals surface area (Å²) in [6.45, 7) is 3.48. The normalized spacial score (nSPS) is 12.4. The molecule has 4 N–H and O–H groups in total. The monoisotopic (exact) mass is 514 g/mol. The van der Waals surface area contributed by atoms with Crippen molar-refractivity contribution in [3.63, 3.8) is 0 Å². The van der Waals surface area contributed by atoms with Gasteiger partial charge in [0.05, 0.1) is 5.52 Å². The third kappa shape index (κ3) is 5.95. The molecule has 0 aliphatic heterocycles. The van der Waals surface area contributed by atoms with Crippen molar-refractivity contribution >= 4 is 22.2 Å². The van der Waals surface area contributed by atoms with Gasteiger partial charge in [-0.2, -0.15) is 0 Å². The average Bonchev–Trinajstić information content (AvgIpc) is 3.50. The Bertz CT molecular complexity index is 1540. The van der Waals surface area contributed by atoms with E-state index in [4.69, 9.17) is 9.72 Å². The first-order valence-corrected chi connectivity index (χ1v) is 13.3. The van der Waals surface area contributed by atoms with Gasteiger partial charge in [0.25, 0.3) is 0 Å². The van der Waals surface area contributed by atoms with Gasteiger partial charge in [0, 0.05) is 24.8 Å². The van der Waals surface area contributed by atoms with Gasteiger partial charge in [-0.3, -0.25) is 4.57 Å². The van der Waals surface area contributed by atoms with E-state index in [0.29, 0.717) is 23.3 Å². The van der Waals surface area contributed by atoms with Crippen molar-refractivity contribution in [2.24, 2.45) is 0 Å². The first-order chi connectivity index (χ1) is 18.6. The van der Waals surface area contributed by atoms with Crippen molar-refractivity contribution in [3.05, 3.63) is 82.7 Å². The van der Waals surface area contributed by atoms with Crippen LogP contribution in [0.3, 0.4) is 0 Å². The van der Waals surface area contributed by atoms with Crippen molar-refractivity contribution in [2.45, 2.75) is 45.1 Å². The zero-order chi connectivity index (χ0) is 26.3. The summed E-state index contributed by atoms with van der Waals surface area (Å²) < 4.78 is 7.91. The summed E-state index contributed by atoms with van der Waals surface area (Å²) in [7, 11) is 0. The van der Waals surface area contributed by atoms with Crippen LogP contribution in [0.2, 0.25) is 0 Å². The summed E-state index contributed by atoms with van der Waals surface area (Å²) in [5.41, 5.74) is 5.09. The van der Waals surface area contributed by atoms with Crippen molar-refractivity contribution in [3.8, 4) is 11.4 Å². The van der Waals surface area contributed by atoms with E-state index < -0.39 is 6.10 Å². The van der Waals surface area contributed by atoms with Crippen LogP contribution < -0.4 is 15.7 Å². The lowest BCUT2D eigenvalue weighted by atomic mass is 10.1. The zero-order valence-electron chi connectivity index (χ0n) is 21.6. The lowest BCUT2D eigenvalue weighted by Crippen LogP contribution is -2.32. The molecule has 0 radical (unpaired) electrons. The maximum Gasteiger partial charge on any atom is 0.323 e. The van der Waals surface area contributed by atoms with E-state index in [-0.39, 0.29) is 12.3 Å². The van der Waals surface area contributed by atoms with E-state index in [1.807, 2.05) is 18.3 Å². The van der Waals surface area contributed by atoms with Crippen LogP contribution >= 0.6 is 0 Å². The largest absolute Gasteiger partial charge is 0.489 e. The standard InChI is InChI=1S/C29H34N6O3/c1-2-3-4-10-26-32-24-8-6-16-31-28(24)35(26)21-13-11-20(12-14-21)15-17-30-18-22(36)19-38-25-9-5-7-23-27(25)34-29(37)33-23/h5-9,11-14,16,22,30,36H,2-4,10,15,17-19H2,1H3,(H2,33,34,37)/t22-/m0/s1. The number of hydrogen-bond acceptors (Lipinski definition) is 6. The number of hydrogen-bond donors (Lipinski definition) is 4. The van der Waals surface area contributed by atoms with Gasteiger partial charge in [-0.15, -0.1) is 0 Å². The minimum Gasteiger partial charge on any atom is -0.489 e. The smallest absolute Gasteiger partial charge is 0.323 e. The van der Waals surface area contributed by atoms with Crippen LogP contribution in [-0.4, -0.2) is 55.4 Å². The predicted octanol–water partition coefficient (Wildman–Crippen LogP) is 3.89. The van der Waals surface area contributed by atoms with Crippen LogP contribution in [0.25, 0.3) is 27.9 Å². The quantitative estimate of drug-likeness (QED) is 0.177. The molecule has 2 aromatic carbocycles. The number of rotatable bonds is 13. The maximum atomic E-state index is 11.5. The fraction of sp³-hybridized carbons (Fsp3) is 0.345. The summed E-state index contributed by atoms with van der Waals surface area (Å²) in [5, 5.41) is 13.6. The molecule has 38 heavy (non-hydrogen) atoms. The maximum absolute atomic E-state index is 11.5. The molecule has 0 saturated heterocycles. The zero-order valence-corrected chi connectivity index (χ0v) is 21.6. The fourth-order valence-corrected chi connectivity index (χ4v) is 4.64. The number of aryl methyl sites for hydroxylation is 1. The fourth-order valence-electron chi connectivity index (χ4n) is 4.64. The second-order valence-electron chi connectivity index (χ2n) is 9.51. The van der Waals surface area contributed by atoms with Gasteiger partial charge in [0.15, 0.2) is 5.65 Å². The molecule has 9 heteroatoms. The summed E-state index contributed by atoms with van der Waals surface area (Å²) in [5.74, 6) is 1.59. The Morgan fingerprint density at radius 1 is 1.05 bits per heavy atom. The molecule has 0 fully saturated rings. The van der Waals surface area contributed by atoms with Crippen LogP contribution in [0, 0.1) is 0 Å². The van der Waals surface area contributed by atoms with Gasteiger partial charge in [0.2, 0.25) is 0 Å². The van der Waals surface area contributed by atoms with Crippen molar-refractivity contribution in [2.75, 3.05) is 19.7 Å². The van der Waals surface area contributed by atoms with Gasteiger partial charge >= 0.3 is 5.69 Å². The van der Waals surface area contributed by atoms with Crippen LogP contribution in [0.1, 0.15) is 37.6 Å². The summed E-state index contributed by atoms with van der Waals surface area (Å²) in [6.07, 6.45) is 6.39. The molecule has 9 nitrogen and oxygen atoms in total. The number of aromatic nitrogens is 5. The number of nitrogens with one attached hydrogen (secondary N) is 3. The van der Waals surface area contributed by atoms with E-state index in [1.165, 1.54) is 18.4 Å². The number of aromatic amines is 2. The molecule has 5 rings (SSSR count). The Labute approximate surface area is 220 Å². The van der Waals surface area contributed by atoms with Crippen LogP contribution in [-0.2, 0) is 12.8 Å². The number of ether oxygens (including phenoxy) is 1. The lowest BCUT2D eigenvalue weighted by Gasteiger charge is -2.14. The topological polar surface area (TPSA) is 121 Å². The Morgan fingerprint density at radius 3 is 2.76 bits per heavy atom. The highest BCUT2D eigenvalue weighted by Gasteiger charge is 2.13. The molecule has 5 aromatic rings. The number of aliphatic hydroxyl groups excluding tert-OH is 1.